The van der Waals surface area contributed by atoms with Gasteiger partial charge in [-0.25, -0.2) is 13.9 Å². The highest BCUT2D eigenvalue weighted by Crippen LogP contribution is 2.50. The lowest BCUT2D eigenvalue weighted by Crippen LogP contribution is -2.03. The lowest BCUT2D eigenvalue weighted by molar-refractivity contribution is 0.109. The molecule has 0 aliphatic rings. The molecule has 2 N–H and O–H groups in total. The zero-order chi connectivity index (χ0) is 29.5. The highest BCUT2D eigenvalue weighted by atomic mass is 31.2. The Hall–Kier alpha value is -0.510. The number of unbranched alkanes of at least 4 members (excludes halogenated alkanes) is 6. The Kier molecular flexibility index (Phi) is 34.3. The van der Waals surface area contributed by atoms with Gasteiger partial charge in [0.25, 0.3) is 0 Å². The van der Waals surface area contributed by atoms with Crippen LogP contribution in [0.3, 0.4) is 0 Å². The lowest BCUT2D eigenvalue weighted by atomic mass is 10.4. The van der Waals surface area contributed by atoms with Crippen molar-refractivity contribution in [2.45, 2.75) is 119 Å². The van der Waals surface area contributed by atoms with E-state index in [1.165, 1.54) is 0 Å². The second kappa shape index (κ2) is 31.0. The zero-order valence-corrected chi connectivity index (χ0v) is 26.5. The summed E-state index contributed by atoms with van der Waals surface area (Å²) in [5.74, 6) is 0. The molecule has 0 bridgehead atoms. The maximum atomic E-state index is 12.2. The van der Waals surface area contributed by atoms with E-state index in [0.29, 0.717) is 39.6 Å². The van der Waals surface area contributed by atoms with Gasteiger partial charge in [-0.2, -0.15) is 0 Å². The van der Waals surface area contributed by atoms with Crippen LogP contribution in [-0.2, 0) is 36.3 Å². The number of rotatable bonds is 24. The fourth-order valence-corrected chi connectivity index (χ4v) is 4.71. The molecule has 0 aromatic heterocycles. The van der Waals surface area contributed by atoms with Gasteiger partial charge in [0.15, 0.2) is 0 Å². The summed E-state index contributed by atoms with van der Waals surface area (Å²) in [6.45, 7) is 15.0. The van der Waals surface area contributed by atoms with Gasteiger partial charge in [-0.05, 0) is 38.5 Å². The highest BCUT2D eigenvalue weighted by molar-refractivity contribution is 7.48. The van der Waals surface area contributed by atoms with Gasteiger partial charge in [-0.3, -0.25) is 27.1 Å². The normalized spacial score (nSPS) is 11.3. The second-order valence-corrected chi connectivity index (χ2v) is 11.6. The van der Waals surface area contributed by atoms with Crippen molar-refractivity contribution in [3.63, 3.8) is 0 Å². The van der Waals surface area contributed by atoms with E-state index >= 15 is 0 Å². The van der Waals surface area contributed by atoms with Gasteiger partial charge in [0.2, 0.25) is 0 Å². The molecule has 0 heterocycles. The molecular weight excluding hydrogens is 538 g/mol. The first-order valence-corrected chi connectivity index (χ1v) is 17.0. The van der Waals surface area contributed by atoms with Gasteiger partial charge in [0, 0.05) is 0 Å². The molecule has 232 valence electrons. The zero-order valence-electron chi connectivity index (χ0n) is 24.7. The summed E-state index contributed by atoms with van der Waals surface area (Å²) >= 11 is 0. The maximum absolute atomic E-state index is 12.2. The highest BCUT2D eigenvalue weighted by Gasteiger charge is 2.26. The van der Waals surface area contributed by atoms with Gasteiger partial charge >= 0.3 is 21.8 Å². The fourth-order valence-electron chi connectivity index (χ4n) is 2.15. The average molecular weight is 595 g/mol. The number of hydrogen-bond donors (Lipinski definition) is 2. The van der Waals surface area contributed by atoms with Crippen LogP contribution < -0.4 is 0 Å². The summed E-state index contributed by atoms with van der Waals surface area (Å²) in [7, 11) is -6.62. The van der Waals surface area contributed by atoms with Crippen LogP contribution in [0.25, 0.3) is 0 Å². The van der Waals surface area contributed by atoms with E-state index < -0.39 is 21.8 Å². The molecule has 0 rings (SSSR count). The Morgan fingerprint density at radius 1 is 0.447 bits per heavy atom. The van der Waals surface area contributed by atoms with Crippen molar-refractivity contribution >= 4 is 21.8 Å². The van der Waals surface area contributed by atoms with E-state index in [0.717, 1.165) is 77.0 Å². The molecular formula is C25H56O11P2. The number of phosphoric ester groups is 2. The molecule has 0 atom stereocenters. The molecule has 0 aromatic rings. The maximum Gasteiger partial charge on any atom is 0.503 e. The summed E-state index contributed by atoms with van der Waals surface area (Å²) in [6.07, 6.45) is 9.43. The Balaban J connectivity index is -0.000000564. The van der Waals surface area contributed by atoms with Crippen LogP contribution >= 0.6 is 15.6 Å². The Morgan fingerprint density at radius 2 is 0.579 bits per heavy atom. The van der Waals surface area contributed by atoms with Crippen LogP contribution in [0, 0.1) is 0 Å². The third-order valence-electron chi connectivity index (χ3n) is 4.48. The summed E-state index contributed by atoms with van der Waals surface area (Å²) < 4.78 is 56.0. The van der Waals surface area contributed by atoms with E-state index in [9.17, 15) is 9.13 Å². The fraction of sp³-hybridized carbons (Fsp3) is 0.960. The van der Waals surface area contributed by atoms with Gasteiger partial charge in [-0.1, -0.05) is 80.1 Å². The van der Waals surface area contributed by atoms with E-state index in [1.54, 1.807) is 0 Å². The van der Waals surface area contributed by atoms with E-state index in [2.05, 4.69) is 41.5 Å². The Bertz CT molecular complexity index is 477. The molecule has 0 fully saturated rings. The molecule has 38 heavy (non-hydrogen) atoms. The first kappa shape index (κ1) is 42.0. The van der Waals surface area contributed by atoms with E-state index in [-0.39, 0.29) is 0 Å². The Labute approximate surface area is 231 Å². The van der Waals surface area contributed by atoms with Crippen LogP contribution in [0.15, 0.2) is 0 Å². The van der Waals surface area contributed by atoms with Crippen molar-refractivity contribution in [1.29, 1.82) is 0 Å². The number of carbonyl (C=O) groups is 1. The molecule has 11 nitrogen and oxygen atoms in total. The van der Waals surface area contributed by atoms with Crippen LogP contribution in [0.2, 0.25) is 0 Å². The van der Waals surface area contributed by atoms with Crippen molar-refractivity contribution in [2.75, 3.05) is 39.6 Å². The molecule has 0 aromatic carbocycles. The first-order chi connectivity index (χ1) is 18.1. The van der Waals surface area contributed by atoms with Crippen molar-refractivity contribution in [3.8, 4) is 0 Å². The van der Waals surface area contributed by atoms with E-state index in [4.69, 9.17) is 42.2 Å². The number of phosphoric acid groups is 2. The van der Waals surface area contributed by atoms with E-state index in [1.807, 2.05) is 0 Å². The van der Waals surface area contributed by atoms with Gasteiger partial charge in [0.1, 0.15) is 0 Å². The predicted octanol–water partition coefficient (Wildman–Crippen LogP) is 9.31. The summed E-state index contributed by atoms with van der Waals surface area (Å²) in [4.78, 5) is 8.56. The molecule has 0 amide bonds. The average Bonchev–Trinajstić information content (AvgIpc) is 2.85. The minimum Gasteiger partial charge on any atom is -0.450 e. The quantitative estimate of drug-likeness (QED) is 0.0813. The standard InChI is InChI=1S/2C12H27O4P.CH2O3/c2*1-4-7-10-14-17(13,15-11-8-5-2)16-12-9-6-3;2-1(3)4/h2*4-12H2,1-3H3;(H2,2,3,4). The molecule has 0 spiro atoms. The summed E-state index contributed by atoms with van der Waals surface area (Å²) in [5.41, 5.74) is 0. The summed E-state index contributed by atoms with van der Waals surface area (Å²) in [5, 5.41) is 13.9. The number of hydrogen-bond acceptors (Lipinski definition) is 9. The predicted molar refractivity (Wildman–Crippen MR) is 151 cm³/mol. The van der Waals surface area contributed by atoms with Crippen LogP contribution in [0.5, 0.6) is 0 Å². The Morgan fingerprint density at radius 3 is 0.684 bits per heavy atom. The van der Waals surface area contributed by atoms with Crippen molar-refractivity contribution in [3.05, 3.63) is 0 Å². The van der Waals surface area contributed by atoms with Gasteiger partial charge < -0.3 is 10.2 Å². The molecule has 0 saturated heterocycles. The molecule has 0 saturated carbocycles. The van der Waals surface area contributed by atoms with Crippen molar-refractivity contribution < 1.29 is 51.3 Å². The van der Waals surface area contributed by atoms with Crippen LogP contribution in [0.4, 0.5) is 4.79 Å². The van der Waals surface area contributed by atoms with Crippen LogP contribution in [0.1, 0.15) is 119 Å². The topological polar surface area (TPSA) is 147 Å². The minimum atomic E-state index is -3.31. The molecule has 0 aliphatic carbocycles. The first-order valence-electron chi connectivity index (χ1n) is 14.1. The minimum absolute atomic E-state index is 0.437. The van der Waals surface area contributed by atoms with Crippen molar-refractivity contribution in [1.82, 2.24) is 0 Å². The van der Waals surface area contributed by atoms with Gasteiger partial charge in [0.05, 0.1) is 39.6 Å². The number of carboxylic acid groups (broad SMARTS) is 2. The lowest BCUT2D eigenvalue weighted by Gasteiger charge is -2.17. The van der Waals surface area contributed by atoms with Crippen molar-refractivity contribution in [2.24, 2.45) is 0 Å². The molecule has 13 heteroatoms. The smallest absolute Gasteiger partial charge is 0.450 e. The SMILES string of the molecule is CCCCOP(=O)(OCCCC)OCCCC.CCCCOP(=O)(OCCCC)OCCCC.O=C(O)O. The summed E-state index contributed by atoms with van der Waals surface area (Å²) in [6, 6.07) is 0. The third-order valence-corrected chi connectivity index (χ3v) is 7.48. The molecule has 0 radical (unpaired) electrons. The van der Waals surface area contributed by atoms with Gasteiger partial charge in [-0.15, -0.1) is 0 Å². The monoisotopic (exact) mass is 594 g/mol. The second-order valence-electron chi connectivity index (χ2n) is 8.30. The third kappa shape index (κ3) is 33.5. The molecule has 0 unspecified atom stereocenters. The van der Waals surface area contributed by atoms with Crippen LogP contribution in [-0.4, -0.2) is 56.0 Å². The largest absolute Gasteiger partial charge is 0.503 e. The molecule has 0 aliphatic heterocycles.